The van der Waals surface area contributed by atoms with Gasteiger partial charge in [-0.15, -0.1) is 0 Å². The van der Waals surface area contributed by atoms with Crippen LogP contribution in [0.5, 0.6) is 0 Å². The molecule has 2 aromatic rings. The van der Waals surface area contributed by atoms with Crippen LogP contribution >= 0.6 is 0 Å². The van der Waals surface area contributed by atoms with Gasteiger partial charge in [0, 0.05) is 36.6 Å². The molecule has 0 saturated heterocycles. The Morgan fingerprint density at radius 3 is 1.98 bits per heavy atom. The van der Waals surface area contributed by atoms with E-state index in [1.54, 1.807) is 19.3 Å². The smallest absolute Gasteiger partial charge is 0.308 e. The number of aromatic nitrogens is 1. The first-order chi connectivity index (χ1) is 21.6. The SMILES string of the molecule is CCNC(=O)C(CC(CC(C)(C)c1cc[n+](CS(=O)(=O)[O-])cc1)c1ccccc1)CC(C)(CC(CC)C(=O)OCC)C(=O)NCC. The topological polar surface area (TPSA) is 146 Å². The summed E-state index contributed by atoms with van der Waals surface area (Å²) in [5.41, 5.74) is 0.605. The summed E-state index contributed by atoms with van der Waals surface area (Å²) in [6.07, 6.45) is 5.31. The van der Waals surface area contributed by atoms with Crippen molar-refractivity contribution >= 4 is 27.9 Å². The zero-order valence-electron chi connectivity index (χ0n) is 28.5. The van der Waals surface area contributed by atoms with Crippen molar-refractivity contribution in [2.45, 2.75) is 97.8 Å². The number of esters is 1. The maximum atomic E-state index is 13.7. The third kappa shape index (κ3) is 11.8. The van der Waals surface area contributed by atoms with E-state index in [0.717, 1.165) is 11.1 Å². The highest BCUT2D eigenvalue weighted by Gasteiger charge is 2.42. The molecule has 4 atom stereocenters. The Hall–Kier alpha value is -3.31. The molecule has 256 valence electrons. The van der Waals surface area contributed by atoms with Crippen molar-refractivity contribution in [2.75, 3.05) is 19.7 Å². The van der Waals surface area contributed by atoms with Crippen LogP contribution in [-0.2, 0) is 40.5 Å². The van der Waals surface area contributed by atoms with E-state index in [1.807, 2.05) is 70.2 Å². The average molecular weight is 660 g/mol. The van der Waals surface area contributed by atoms with Crippen LogP contribution in [0.4, 0.5) is 0 Å². The van der Waals surface area contributed by atoms with Crippen LogP contribution in [0.25, 0.3) is 0 Å². The lowest BCUT2D eigenvalue weighted by atomic mass is 9.68. The second kappa shape index (κ2) is 17.6. The molecular weight excluding hydrogens is 606 g/mol. The minimum atomic E-state index is -4.43. The lowest BCUT2D eigenvalue weighted by Gasteiger charge is -2.36. The third-order valence-electron chi connectivity index (χ3n) is 8.69. The number of rotatable bonds is 19. The van der Waals surface area contributed by atoms with Gasteiger partial charge in [-0.1, -0.05) is 58.0 Å². The number of benzene rings is 1. The standard InChI is InChI=1S/C35H53N3O7S/c1-8-26(32(40)45-11-4)23-35(7,33(41)37-10-3)24-29(31(39)36-9-2)21-28(27-15-13-12-14-16-27)22-34(5,6)30-17-19-38(20-18-30)25-46(42,43)44/h12-20,26,28-29H,8-11,21-25H2,1-7H3,(H2-,36,37,39,41,42,43,44). The third-order valence-corrected chi connectivity index (χ3v) is 9.30. The summed E-state index contributed by atoms with van der Waals surface area (Å²) in [6, 6.07) is 13.6. The zero-order valence-corrected chi connectivity index (χ0v) is 29.3. The van der Waals surface area contributed by atoms with E-state index in [2.05, 4.69) is 24.5 Å². The van der Waals surface area contributed by atoms with Gasteiger partial charge in [0.15, 0.2) is 22.5 Å². The van der Waals surface area contributed by atoms with Crippen LogP contribution in [0.3, 0.4) is 0 Å². The number of hydrogen-bond donors (Lipinski definition) is 2. The molecule has 0 radical (unpaired) electrons. The summed E-state index contributed by atoms with van der Waals surface area (Å²) in [4.78, 5) is 40.2. The molecule has 0 aliphatic carbocycles. The Kier molecular flexibility index (Phi) is 14.8. The second-order valence-corrected chi connectivity index (χ2v) is 14.4. The maximum Gasteiger partial charge on any atom is 0.308 e. The molecule has 2 rings (SSSR count). The zero-order chi connectivity index (χ0) is 34.5. The number of pyridine rings is 1. The Bertz CT molecular complexity index is 1380. The molecule has 0 fully saturated rings. The normalized spacial score (nSPS) is 15.2. The average Bonchev–Trinajstić information content (AvgIpc) is 2.99. The van der Waals surface area contributed by atoms with Gasteiger partial charge in [-0.25, -0.2) is 8.42 Å². The van der Waals surface area contributed by atoms with Crippen molar-refractivity contribution in [1.29, 1.82) is 0 Å². The number of nitrogens with zero attached hydrogens (tertiary/aromatic N) is 1. The summed E-state index contributed by atoms with van der Waals surface area (Å²) in [5, 5.41) is 5.93. The molecule has 0 spiro atoms. The van der Waals surface area contributed by atoms with Gasteiger partial charge in [0.25, 0.3) is 0 Å². The fraction of sp³-hybridized carbons (Fsp3) is 0.600. The van der Waals surface area contributed by atoms with Crippen LogP contribution in [0, 0.1) is 17.3 Å². The van der Waals surface area contributed by atoms with E-state index in [0.29, 0.717) is 32.4 Å². The summed E-state index contributed by atoms with van der Waals surface area (Å²) in [7, 11) is -4.43. The van der Waals surface area contributed by atoms with Gasteiger partial charge in [-0.05, 0) is 75.3 Å². The second-order valence-electron chi connectivity index (χ2n) is 13.0. The van der Waals surface area contributed by atoms with E-state index < -0.39 is 38.7 Å². The molecule has 1 heterocycles. The number of carbonyl (C=O) groups excluding carboxylic acids is 3. The first-order valence-corrected chi connectivity index (χ1v) is 17.9. The molecule has 2 N–H and O–H groups in total. The van der Waals surface area contributed by atoms with Gasteiger partial charge in [0.05, 0.1) is 12.5 Å². The van der Waals surface area contributed by atoms with Gasteiger partial charge >= 0.3 is 5.97 Å². The molecule has 46 heavy (non-hydrogen) atoms. The largest absolute Gasteiger partial charge is 0.743 e. The number of nitrogens with one attached hydrogen (secondary N) is 2. The molecule has 0 bridgehead atoms. The monoisotopic (exact) mass is 659 g/mol. The van der Waals surface area contributed by atoms with Gasteiger partial charge in [-0.2, -0.15) is 4.57 Å². The van der Waals surface area contributed by atoms with Crippen molar-refractivity contribution < 1.29 is 36.7 Å². The van der Waals surface area contributed by atoms with Crippen molar-refractivity contribution in [3.05, 3.63) is 66.0 Å². The molecule has 0 saturated carbocycles. The summed E-state index contributed by atoms with van der Waals surface area (Å²) >= 11 is 0. The van der Waals surface area contributed by atoms with Gasteiger partial charge < -0.3 is 19.9 Å². The Balaban J connectivity index is 2.51. The minimum Gasteiger partial charge on any atom is -0.743 e. The number of ether oxygens (including phenoxy) is 1. The van der Waals surface area contributed by atoms with Crippen LogP contribution in [0.2, 0.25) is 0 Å². The number of carbonyl (C=O) groups is 3. The van der Waals surface area contributed by atoms with Gasteiger partial charge in [0.2, 0.25) is 17.7 Å². The highest BCUT2D eigenvalue weighted by atomic mass is 32.2. The van der Waals surface area contributed by atoms with Crippen molar-refractivity contribution in [1.82, 2.24) is 10.6 Å². The summed E-state index contributed by atoms with van der Waals surface area (Å²) in [6.45, 7) is 14.5. The molecule has 10 nitrogen and oxygen atoms in total. The molecule has 11 heteroatoms. The Labute approximate surface area is 275 Å². The molecule has 0 aliphatic heterocycles. The first-order valence-electron chi connectivity index (χ1n) is 16.3. The maximum absolute atomic E-state index is 13.7. The van der Waals surface area contributed by atoms with Crippen molar-refractivity contribution in [3.63, 3.8) is 0 Å². The molecule has 1 aromatic carbocycles. The number of hydrogen-bond acceptors (Lipinski definition) is 7. The molecule has 1 aromatic heterocycles. The fourth-order valence-electron chi connectivity index (χ4n) is 6.30. The van der Waals surface area contributed by atoms with Crippen LogP contribution in [-0.4, -0.2) is 50.5 Å². The highest BCUT2D eigenvalue weighted by Crippen LogP contribution is 2.42. The van der Waals surface area contributed by atoms with E-state index in [9.17, 15) is 27.4 Å². The van der Waals surface area contributed by atoms with Crippen molar-refractivity contribution in [3.8, 4) is 0 Å². The molecule has 0 aliphatic rings. The summed E-state index contributed by atoms with van der Waals surface area (Å²) in [5.74, 6) is -2.41. The minimum absolute atomic E-state index is 0.0799. The fourth-order valence-corrected chi connectivity index (χ4v) is 6.84. The molecule has 2 amide bonds. The van der Waals surface area contributed by atoms with E-state index in [-0.39, 0.29) is 43.2 Å². The predicted octanol–water partition coefficient (Wildman–Crippen LogP) is 4.58. The highest BCUT2D eigenvalue weighted by molar-refractivity contribution is 7.84. The van der Waals surface area contributed by atoms with E-state index in [1.165, 1.54) is 4.57 Å². The molecular formula is C35H53N3O7S. The quantitative estimate of drug-likeness (QED) is 0.128. The van der Waals surface area contributed by atoms with Crippen LogP contribution in [0.15, 0.2) is 54.9 Å². The summed E-state index contributed by atoms with van der Waals surface area (Å²) < 4.78 is 40.4. The van der Waals surface area contributed by atoms with Crippen LogP contribution in [0.1, 0.15) is 97.6 Å². The van der Waals surface area contributed by atoms with E-state index >= 15 is 0 Å². The Morgan fingerprint density at radius 1 is 0.870 bits per heavy atom. The van der Waals surface area contributed by atoms with Gasteiger partial charge in [0.1, 0.15) is 0 Å². The lowest BCUT2D eigenvalue weighted by Crippen LogP contribution is -2.45. The molecule has 4 unspecified atom stereocenters. The Morgan fingerprint density at radius 2 is 1.46 bits per heavy atom. The first kappa shape index (κ1) is 38.9. The number of amides is 2. The van der Waals surface area contributed by atoms with Gasteiger partial charge in [-0.3, -0.25) is 14.4 Å². The van der Waals surface area contributed by atoms with Crippen LogP contribution < -0.4 is 15.2 Å². The van der Waals surface area contributed by atoms with E-state index in [4.69, 9.17) is 4.74 Å². The van der Waals surface area contributed by atoms with Crippen molar-refractivity contribution in [2.24, 2.45) is 17.3 Å². The predicted molar refractivity (Wildman–Crippen MR) is 176 cm³/mol. The lowest BCUT2D eigenvalue weighted by molar-refractivity contribution is -0.678.